The lowest BCUT2D eigenvalue weighted by Gasteiger charge is -2.05. The van der Waals surface area contributed by atoms with Gasteiger partial charge >= 0.3 is 5.69 Å². The summed E-state index contributed by atoms with van der Waals surface area (Å²) in [6.45, 7) is 0. The number of hydrogen-bond donors (Lipinski definition) is 2. The molecule has 0 radical (unpaired) electrons. The van der Waals surface area contributed by atoms with E-state index in [1.165, 1.54) is 0 Å². The Balaban J connectivity index is 3.51. The number of nitrogens with zero attached hydrogens (tertiary/aromatic N) is 2. The molecule has 1 rings (SSSR count). The fraction of sp³-hybridized carbons (Fsp3) is 0.143. The van der Waals surface area contributed by atoms with E-state index in [9.17, 15) is 23.7 Å². The standard InChI is InChI=1S/C7H6F2N4O3/c8-5(9)2-1-3(7(11)14)12-6(10)4(2)13(15)16/h1,5H,(H2,10,12)(H2,11,14). The average molecular weight is 232 g/mol. The minimum Gasteiger partial charge on any atom is -0.378 e. The first-order chi connectivity index (χ1) is 7.34. The number of aromatic nitrogens is 1. The fourth-order valence-electron chi connectivity index (χ4n) is 1.07. The number of nitrogen functional groups attached to an aromatic ring is 1. The number of nitro groups is 1. The van der Waals surface area contributed by atoms with Crippen LogP contribution in [0.3, 0.4) is 0 Å². The summed E-state index contributed by atoms with van der Waals surface area (Å²) in [5, 5.41) is 10.5. The van der Waals surface area contributed by atoms with Gasteiger partial charge in [-0.2, -0.15) is 0 Å². The van der Waals surface area contributed by atoms with Crippen molar-refractivity contribution in [3.05, 3.63) is 27.4 Å². The third-order valence-electron chi connectivity index (χ3n) is 1.72. The van der Waals surface area contributed by atoms with Crippen LogP contribution >= 0.6 is 0 Å². The van der Waals surface area contributed by atoms with E-state index >= 15 is 0 Å². The highest BCUT2D eigenvalue weighted by Crippen LogP contribution is 2.32. The van der Waals surface area contributed by atoms with E-state index in [0.29, 0.717) is 6.07 Å². The van der Waals surface area contributed by atoms with Crippen LogP contribution in [0.25, 0.3) is 0 Å². The molecule has 0 saturated carbocycles. The predicted molar refractivity (Wildman–Crippen MR) is 48.8 cm³/mol. The number of nitrogens with two attached hydrogens (primary N) is 2. The van der Waals surface area contributed by atoms with Gasteiger partial charge in [-0.3, -0.25) is 14.9 Å². The van der Waals surface area contributed by atoms with Crippen LogP contribution < -0.4 is 11.5 Å². The quantitative estimate of drug-likeness (QED) is 0.583. The number of carbonyl (C=O) groups is 1. The van der Waals surface area contributed by atoms with Crippen LogP contribution in [0.2, 0.25) is 0 Å². The Kier molecular flexibility index (Phi) is 2.97. The van der Waals surface area contributed by atoms with E-state index in [1.807, 2.05) is 0 Å². The lowest BCUT2D eigenvalue weighted by atomic mass is 10.2. The molecule has 0 saturated heterocycles. The highest BCUT2D eigenvalue weighted by molar-refractivity contribution is 5.92. The van der Waals surface area contributed by atoms with E-state index in [1.54, 1.807) is 0 Å². The second-order valence-corrected chi connectivity index (χ2v) is 2.75. The molecule has 16 heavy (non-hydrogen) atoms. The summed E-state index contributed by atoms with van der Waals surface area (Å²) in [4.78, 5) is 23.3. The molecule has 0 aliphatic rings. The van der Waals surface area contributed by atoms with E-state index in [4.69, 9.17) is 11.5 Å². The first kappa shape index (κ1) is 11.8. The molecule has 0 aliphatic carbocycles. The molecule has 1 aromatic heterocycles. The predicted octanol–water partition coefficient (Wildman–Crippen LogP) is 0.609. The van der Waals surface area contributed by atoms with Crippen LogP contribution in [0, 0.1) is 10.1 Å². The Morgan fingerprint density at radius 1 is 1.56 bits per heavy atom. The smallest absolute Gasteiger partial charge is 0.320 e. The first-order valence-electron chi connectivity index (χ1n) is 3.87. The molecule has 0 unspecified atom stereocenters. The van der Waals surface area contributed by atoms with Crippen molar-refractivity contribution in [2.45, 2.75) is 6.43 Å². The molecule has 1 amide bonds. The van der Waals surface area contributed by atoms with Gasteiger partial charge in [0.25, 0.3) is 12.3 Å². The monoisotopic (exact) mass is 232 g/mol. The summed E-state index contributed by atoms with van der Waals surface area (Å²) in [6, 6.07) is 0.557. The SMILES string of the molecule is NC(=O)c1cc(C(F)F)c([N+](=O)[O-])c(N)n1. The number of anilines is 1. The van der Waals surface area contributed by atoms with Crippen molar-refractivity contribution in [2.24, 2.45) is 5.73 Å². The molecule has 1 heterocycles. The Morgan fingerprint density at radius 2 is 2.12 bits per heavy atom. The van der Waals surface area contributed by atoms with Gasteiger partial charge < -0.3 is 11.5 Å². The molecule has 0 atom stereocenters. The molecule has 4 N–H and O–H groups in total. The van der Waals surface area contributed by atoms with Crippen molar-refractivity contribution in [1.82, 2.24) is 4.98 Å². The fourth-order valence-corrected chi connectivity index (χ4v) is 1.07. The van der Waals surface area contributed by atoms with Crippen LogP contribution in [0.5, 0.6) is 0 Å². The normalized spacial score (nSPS) is 10.4. The summed E-state index contributed by atoms with van der Waals surface area (Å²) < 4.78 is 24.9. The molecule has 0 aromatic carbocycles. The number of hydrogen-bond acceptors (Lipinski definition) is 5. The topological polar surface area (TPSA) is 125 Å². The van der Waals surface area contributed by atoms with Crippen LogP contribution in [0.15, 0.2) is 6.07 Å². The Bertz CT molecular complexity index is 463. The van der Waals surface area contributed by atoms with Gasteiger partial charge in [0, 0.05) is 0 Å². The summed E-state index contributed by atoms with van der Waals surface area (Å²) in [7, 11) is 0. The minimum atomic E-state index is -3.15. The van der Waals surface area contributed by atoms with Gasteiger partial charge in [-0.25, -0.2) is 13.8 Å². The van der Waals surface area contributed by atoms with E-state index in [0.717, 1.165) is 0 Å². The second-order valence-electron chi connectivity index (χ2n) is 2.75. The molecular weight excluding hydrogens is 226 g/mol. The Morgan fingerprint density at radius 3 is 2.50 bits per heavy atom. The van der Waals surface area contributed by atoms with Crippen molar-refractivity contribution < 1.29 is 18.5 Å². The number of amides is 1. The molecule has 0 fully saturated rings. The maximum atomic E-state index is 12.5. The van der Waals surface area contributed by atoms with Gasteiger partial charge in [-0.15, -0.1) is 0 Å². The molecule has 9 heteroatoms. The van der Waals surface area contributed by atoms with E-state index in [2.05, 4.69) is 4.98 Å². The Hall–Kier alpha value is -2.32. The van der Waals surface area contributed by atoms with Crippen molar-refractivity contribution in [2.75, 3.05) is 5.73 Å². The number of rotatable bonds is 3. The molecule has 0 aliphatic heterocycles. The van der Waals surface area contributed by atoms with Crippen molar-refractivity contribution in [3.8, 4) is 0 Å². The van der Waals surface area contributed by atoms with Gasteiger partial charge in [0.1, 0.15) is 11.3 Å². The molecule has 0 bridgehead atoms. The lowest BCUT2D eigenvalue weighted by Crippen LogP contribution is -2.16. The summed E-state index contributed by atoms with van der Waals surface area (Å²) in [6.07, 6.45) is -3.15. The minimum absolute atomic E-state index is 0.543. The van der Waals surface area contributed by atoms with Crippen molar-refractivity contribution >= 4 is 17.4 Å². The first-order valence-corrected chi connectivity index (χ1v) is 3.87. The van der Waals surface area contributed by atoms with Gasteiger partial charge in [0.05, 0.1) is 4.92 Å². The zero-order chi connectivity index (χ0) is 12.5. The van der Waals surface area contributed by atoms with Gasteiger partial charge in [0.2, 0.25) is 5.82 Å². The molecule has 1 aromatic rings. The average Bonchev–Trinajstić information content (AvgIpc) is 2.15. The number of primary amides is 1. The third kappa shape index (κ3) is 2.02. The summed E-state index contributed by atoms with van der Waals surface area (Å²) in [5.74, 6) is -1.86. The van der Waals surface area contributed by atoms with Gasteiger partial charge in [-0.05, 0) is 6.07 Å². The highest BCUT2D eigenvalue weighted by Gasteiger charge is 2.27. The maximum Gasteiger partial charge on any atom is 0.320 e. The summed E-state index contributed by atoms with van der Waals surface area (Å²) >= 11 is 0. The van der Waals surface area contributed by atoms with Crippen molar-refractivity contribution in [1.29, 1.82) is 0 Å². The van der Waals surface area contributed by atoms with Gasteiger partial charge in [-0.1, -0.05) is 0 Å². The highest BCUT2D eigenvalue weighted by atomic mass is 19.3. The maximum absolute atomic E-state index is 12.5. The zero-order valence-corrected chi connectivity index (χ0v) is 7.68. The third-order valence-corrected chi connectivity index (χ3v) is 1.72. The van der Waals surface area contributed by atoms with Crippen molar-refractivity contribution in [3.63, 3.8) is 0 Å². The number of alkyl halides is 2. The zero-order valence-electron chi connectivity index (χ0n) is 7.68. The molecule has 0 spiro atoms. The molecule has 7 nitrogen and oxygen atoms in total. The van der Waals surface area contributed by atoms with E-state index < -0.39 is 40.0 Å². The number of carbonyl (C=O) groups excluding carboxylic acids is 1. The largest absolute Gasteiger partial charge is 0.378 e. The van der Waals surface area contributed by atoms with Crippen LogP contribution in [0.4, 0.5) is 20.3 Å². The van der Waals surface area contributed by atoms with E-state index in [-0.39, 0.29) is 0 Å². The number of pyridine rings is 1. The lowest BCUT2D eigenvalue weighted by molar-refractivity contribution is -0.385. The molecular formula is C7H6F2N4O3. The summed E-state index contributed by atoms with van der Waals surface area (Å²) in [5.41, 5.74) is 7.37. The second kappa shape index (κ2) is 4.04. The number of halogens is 2. The molecule has 86 valence electrons. The van der Waals surface area contributed by atoms with Crippen LogP contribution in [-0.2, 0) is 0 Å². The van der Waals surface area contributed by atoms with Gasteiger partial charge in [0.15, 0.2) is 0 Å². The van der Waals surface area contributed by atoms with Crippen LogP contribution in [-0.4, -0.2) is 15.8 Å². The Labute approximate surface area is 87.2 Å². The van der Waals surface area contributed by atoms with Crippen LogP contribution in [0.1, 0.15) is 22.5 Å².